The van der Waals surface area contributed by atoms with E-state index in [1.165, 1.54) is 19.2 Å². The van der Waals surface area contributed by atoms with E-state index in [4.69, 9.17) is 11.6 Å². The van der Waals surface area contributed by atoms with Crippen LogP contribution in [0.1, 0.15) is 0 Å². The lowest BCUT2D eigenvalue weighted by Crippen LogP contribution is -2.27. The van der Waals surface area contributed by atoms with Crippen LogP contribution in [0.25, 0.3) is 0 Å². The summed E-state index contributed by atoms with van der Waals surface area (Å²) in [6.45, 7) is 0. The number of pyridine rings is 1. The Kier molecular flexibility index (Phi) is 3.54. The number of nitrogens with zero attached hydrogens (tertiary/aromatic N) is 2. The van der Waals surface area contributed by atoms with Crippen LogP contribution in [-0.4, -0.2) is 20.4 Å². The van der Waals surface area contributed by atoms with Gasteiger partial charge in [0.1, 0.15) is 5.82 Å². The highest BCUT2D eigenvalue weighted by Crippen LogP contribution is 2.21. The third kappa shape index (κ3) is 2.47. The molecule has 0 saturated carbocycles. The summed E-state index contributed by atoms with van der Waals surface area (Å²) in [5.74, 6) is 0.359. The second-order valence-electron chi connectivity index (χ2n) is 3.62. The lowest BCUT2D eigenvalue weighted by Gasteiger charge is -2.18. The van der Waals surface area contributed by atoms with Crippen LogP contribution in [0.15, 0.2) is 53.6 Å². The number of anilines is 1. The molecule has 1 heterocycles. The zero-order valence-corrected chi connectivity index (χ0v) is 11.2. The van der Waals surface area contributed by atoms with Gasteiger partial charge < -0.3 is 0 Å². The summed E-state index contributed by atoms with van der Waals surface area (Å²) in [5, 5.41) is 0.380. The SMILES string of the molecule is CN(c1ccccn1)S(=O)(=O)c1cccc(Cl)c1. The normalized spacial score (nSPS) is 11.2. The molecule has 0 spiro atoms. The molecule has 0 aliphatic carbocycles. The van der Waals surface area contributed by atoms with Gasteiger partial charge in [-0.2, -0.15) is 0 Å². The molecular formula is C12H11ClN2O2S. The van der Waals surface area contributed by atoms with E-state index in [1.54, 1.807) is 36.5 Å². The Morgan fingerprint density at radius 3 is 2.56 bits per heavy atom. The minimum absolute atomic E-state index is 0.142. The Morgan fingerprint density at radius 1 is 1.17 bits per heavy atom. The van der Waals surface area contributed by atoms with Crippen molar-refractivity contribution in [2.24, 2.45) is 0 Å². The van der Waals surface area contributed by atoms with Gasteiger partial charge in [-0.25, -0.2) is 13.4 Å². The minimum atomic E-state index is -3.63. The van der Waals surface area contributed by atoms with Crippen LogP contribution in [0.2, 0.25) is 5.02 Å². The van der Waals surface area contributed by atoms with E-state index >= 15 is 0 Å². The number of hydrogen-bond donors (Lipinski definition) is 0. The average molecular weight is 283 g/mol. The first-order valence-corrected chi connectivity index (χ1v) is 6.99. The smallest absolute Gasteiger partial charge is 0.253 e. The van der Waals surface area contributed by atoms with Gasteiger partial charge in [0.25, 0.3) is 10.0 Å². The van der Waals surface area contributed by atoms with Crippen molar-refractivity contribution >= 4 is 27.4 Å². The fourth-order valence-electron chi connectivity index (χ4n) is 1.45. The van der Waals surface area contributed by atoms with Gasteiger partial charge in [0.05, 0.1) is 4.90 Å². The standard InChI is InChI=1S/C12H11ClN2O2S/c1-15(12-7-2-3-8-14-12)18(16,17)11-6-4-5-10(13)9-11/h2-9H,1H3. The van der Waals surface area contributed by atoms with E-state index < -0.39 is 10.0 Å². The van der Waals surface area contributed by atoms with Gasteiger partial charge in [0.15, 0.2) is 0 Å². The van der Waals surface area contributed by atoms with E-state index in [1.807, 2.05) is 0 Å². The van der Waals surface area contributed by atoms with E-state index in [9.17, 15) is 8.42 Å². The van der Waals surface area contributed by atoms with Crippen LogP contribution in [0.4, 0.5) is 5.82 Å². The monoisotopic (exact) mass is 282 g/mol. The maximum Gasteiger partial charge on any atom is 0.265 e. The van der Waals surface area contributed by atoms with E-state index in [0.717, 1.165) is 4.31 Å². The van der Waals surface area contributed by atoms with Crippen molar-refractivity contribution in [3.05, 3.63) is 53.7 Å². The fraction of sp³-hybridized carbons (Fsp3) is 0.0833. The molecule has 2 rings (SSSR count). The molecule has 94 valence electrons. The van der Waals surface area contributed by atoms with Crippen molar-refractivity contribution in [2.75, 3.05) is 11.4 Å². The molecule has 18 heavy (non-hydrogen) atoms. The van der Waals surface area contributed by atoms with Gasteiger partial charge in [0, 0.05) is 18.3 Å². The number of hydrogen-bond acceptors (Lipinski definition) is 3. The molecule has 0 aliphatic heterocycles. The van der Waals surface area contributed by atoms with Gasteiger partial charge in [-0.05, 0) is 30.3 Å². The summed E-state index contributed by atoms with van der Waals surface area (Å²) in [7, 11) is -2.17. The number of aromatic nitrogens is 1. The molecule has 0 saturated heterocycles. The Balaban J connectivity index is 2.44. The Hall–Kier alpha value is -1.59. The van der Waals surface area contributed by atoms with Crippen molar-refractivity contribution < 1.29 is 8.42 Å². The lowest BCUT2D eigenvalue weighted by atomic mass is 10.4. The highest BCUT2D eigenvalue weighted by molar-refractivity contribution is 7.92. The van der Waals surface area contributed by atoms with Gasteiger partial charge in [-0.1, -0.05) is 23.7 Å². The van der Waals surface area contributed by atoms with Crippen LogP contribution >= 0.6 is 11.6 Å². The largest absolute Gasteiger partial charge is 0.265 e. The summed E-state index contributed by atoms with van der Waals surface area (Å²) in [6.07, 6.45) is 1.54. The highest BCUT2D eigenvalue weighted by atomic mass is 35.5. The average Bonchev–Trinajstić information content (AvgIpc) is 2.39. The van der Waals surface area contributed by atoms with Crippen molar-refractivity contribution in [1.29, 1.82) is 0 Å². The maximum atomic E-state index is 12.3. The third-order valence-electron chi connectivity index (χ3n) is 2.43. The fourth-order valence-corrected chi connectivity index (χ4v) is 2.90. The Morgan fingerprint density at radius 2 is 1.94 bits per heavy atom. The second-order valence-corrected chi connectivity index (χ2v) is 6.02. The number of halogens is 1. The van der Waals surface area contributed by atoms with Gasteiger partial charge in [0.2, 0.25) is 0 Å². The molecule has 0 amide bonds. The predicted molar refractivity (Wildman–Crippen MR) is 71.3 cm³/mol. The van der Waals surface area contributed by atoms with E-state index in [-0.39, 0.29) is 4.90 Å². The maximum absolute atomic E-state index is 12.3. The Labute approximate surface area is 111 Å². The first kappa shape index (κ1) is 12.9. The molecule has 4 nitrogen and oxygen atoms in total. The zero-order chi connectivity index (χ0) is 13.2. The molecule has 6 heteroatoms. The zero-order valence-electron chi connectivity index (χ0n) is 9.62. The summed E-state index contributed by atoms with van der Waals surface area (Å²) < 4.78 is 25.7. The second kappa shape index (κ2) is 4.96. The van der Waals surface area contributed by atoms with Crippen LogP contribution in [0, 0.1) is 0 Å². The summed E-state index contributed by atoms with van der Waals surface area (Å²) >= 11 is 5.80. The molecule has 0 N–H and O–H groups in total. The number of rotatable bonds is 3. The molecule has 0 atom stereocenters. The summed E-state index contributed by atoms with van der Waals surface area (Å²) in [5.41, 5.74) is 0. The molecule has 2 aromatic rings. The topological polar surface area (TPSA) is 50.3 Å². The summed E-state index contributed by atoms with van der Waals surface area (Å²) in [6, 6.07) is 11.2. The molecule has 1 aromatic carbocycles. The lowest BCUT2D eigenvalue weighted by molar-refractivity contribution is 0.594. The third-order valence-corrected chi connectivity index (χ3v) is 4.42. The minimum Gasteiger partial charge on any atom is -0.253 e. The van der Waals surface area contributed by atoms with Crippen LogP contribution in [0.3, 0.4) is 0 Å². The van der Waals surface area contributed by atoms with Crippen LogP contribution < -0.4 is 4.31 Å². The molecule has 0 unspecified atom stereocenters. The molecule has 1 aromatic heterocycles. The van der Waals surface area contributed by atoms with Crippen molar-refractivity contribution in [2.45, 2.75) is 4.90 Å². The van der Waals surface area contributed by atoms with Crippen molar-refractivity contribution in [1.82, 2.24) is 4.98 Å². The van der Waals surface area contributed by atoms with Crippen LogP contribution in [-0.2, 0) is 10.0 Å². The van der Waals surface area contributed by atoms with Crippen molar-refractivity contribution in [3.8, 4) is 0 Å². The Bertz CT molecular complexity index is 644. The first-order valence-electron chi connectivity index (χ1n) is 5.17. The molecule has 0 radical (unpaired) electrons. The van der Waals surface area contributed by atoms with Gasteiger partial charge >= 0.3 is 0 Å². The first-order chi connectivity index (χ1) is 8.51. The molecule has 0 bridgehead atoms. The molecule has 0 fully saturated rings. The molecular weight excluding hydrogens is 272 g/mol. The summed E-state index contributed by atoms with van der Waals surface area (Å²) in [4.78, 5) is 4.15. The highest BCUT2D eigenvalue weighted by Gasteiger charge is 2.21. The van der Waals surface area contributed by atoms with E-state index in [2.05, 4.69) is 4.98 Å². The van der Waals surface area contributed by atoms with Gasteiger partial charge in [-0.3, -0.25) is 4.31 Å². The van der Waals surface area contributed by atoms with Crippen molar-refractivity contribution in [3.63, 3.8) is 0 Å². The van der Waals surface area contributed by atoms with Crippen LogP contribution in [0.5, 0.6) is 0 Å². The predicted octanol–water partition coefficient (Wildman–Crippen LogP) is 2.56. The molecule has 0 aliphatic rings. The number of sulfonamides is 1. The quantitative estimate of drug-likeness (QED) is 0.869. The van der Waals surface area contributed by atoms with Gasteiger partial charge in [-0.15, -0.1) is 0 Å². The van der Waals surface area contributed by atoms with E-state index in [0.29, 0.717) is 10.8 Å². The number of benzene rings is 1.